The Bertz CT molecular complexity index is 1290. The Labute approximate surface area is 179 Å². The number of allylic oxidation sites excluding steroid dienone is 1. The summed E-state index contributed by atoms with van der Waals surface area (Å²) in [5, 5.41) is 9.54. The molecule has 3 aromatic rings. The zero-order valence-corrected chi connectivity index (χ0v) is 16.9. The molecular weight excluding hydrogens is 390 g/mol. The highest BCUT2D eigenvalue weighted by atomic mass is 16.2. The minimum atomic E-state index is -0.129. The normalized spacial score (nSPS) is 19.5. The van der Waals surface area contributed by atoms with Crippen LogP contribution in [0.5, 0.6) is 0 Å². The highest BCUT2D eigenvalue weighted by Gasteiger charge is 2.31. The summed E-state index contributed by atoms with van der Waals surface area (Å²) in [6, 6.07) is 14.9. The summed E-state index contributed by atoms with van der Waals surface area (Å²) in [4.78, 5) is 36.5. The lowest BCUT2D eigenvalue weighted by Crippen LogP contribution is -2.53. The van der Waals surface area contributed by atoms with Gasteiger partial charge in [-0.25, -0.2) is 0 Å². The summed E-state index contributed by atoms with van der Waals surface area (Å²) in [7, 11) is 0. The van der Waals surface area contributed by atoms with Crippen molar-refractivity contribution in [2.24, 2.45) is 0 Å². The van der Waals surface area contributed by atoms with Crippen molar-refractivity contribution < 1.29 is 4.79 Å². The Kier molecular flexibility index (Phi) is 4.85. The first-order valence-electron chi connectivity index (χ1n) is 10.4. The van der Waals surface area contributed by atoms with Crippen LogP contribution in [0.2, 0.25) is 0 Å². The minimum Gasteiger partial charge on any atom is -0.322 e. The van der Waals surface area contributed by atoms with E-state index in [9.17, 15) is 9.59 Å². The van der Waals surface area contributed by atoms with E-state index in [1.54, 1.807) is 35.4 Å². The average Bonchev–Trinajstić information content (AvgIpc) is 3.30. The molecule has 1 atom stereocenters. The van der Waals surface area contributed by atoms with Crippen LogP contribution in [-0.2, 0) is 4.79 Å². The Hall–Kier alpha value is -3.76. The van der Waals surface area contributed by atoms with Gasteiger partial charge in [-0.05, 0) is 60.9 Å². The van der Waals surface area contributed by atoms with Gasteiger partial charge in [0.2, 0.25) is 5.91 Å². The molecule has 0 saturated carbocycles. The number of rotatable bonds is 3. The maximum absolute atomic E-state index is 12.8. The Morgan fingerprint density at radius 3 is 2.74 bits per heavy atom. The highest BCUT2D eigenvalue weighted by Crippen LogP contribution is 2.31. The number of piperazine rings is 1. The molecule has 31 heavy (non-hydrogen) atoms. The molecule has 1 aliphatic carbocycles. The SMILES string of the molecule is N#Cc1ccc(N2CCN([C@H]3C=C(c4cc5ncccc5c(=O)[nH]4)CC3)CC2=O)cc1. The smallest absolute Gasteiger partial charge is 0.257 e. The summed E-state index contributed by atoms with van der Waals surface area (Å²) in [6.45, 7) is 1.74. The minimum absolute atomic E-state index is 0.0566. The van der Waals surface area contributed by atoms with Gasteiger partial charge in [-0.15, -0.1) is 0 Å². The topological polar surface area (TPSA) is 93.1 Å². The summed E-state index contributed by atoms with van der Waals surface area (Å²) >= 11 is 0. The van der Waals surface area contributed by atoms with Crippen LogP contribution >= 0.6 is 0 Å². The number of nitrogens with one attached hydrogen (secondary N) is 1. The van der Waals surface area contributed by atoms with E-state index in [-0.39, 0.29) is 17.5 Å². The van der Waals surface area contributed by atoms with Gasteiger partial charge in [-0.2, -0.15) is 5.26 Å². The second-order valence-corrected chi connectivity index (χ2v) is 7.92. The van der Waals surface area contributed by atoms with E-state index in [4.69, 9.17) is 5.26 Å². The molecule has 1 saturated heterocycles. The highest BCUT2D eigenvalue weighted by molar-refractivity contribution is 5.95. The number of pyridine rings is 2. The van der Waals surface area contributed by atoms with Gasteiger partial charge in [0.1, 0.15) is 0 Å². The van der Waals surface area contributed by atoms with E-state index in [1.807, 2.05) is 18.2 Å². The molecule has 154 valence electrons. The van der Waals surface area contributed by atoms with Gasteiger partial charge in [0.25, 0.3) is 5.56 Å². The number of aromatic nitrogens is 2. The molecule has 3 heterocycles. The van der Waals surface area contributed by atoms with Crippen molar-refractivity contribution in [3.8, 4) is 6.07 Å². The number of carbonyl (C=O) groups excluding carboxylic acids is 1. The van der Waals surface area contributed by atoms with Gasteiger partial charge in [0.15, 0.2) is 0 Å². The van der Waals surface area contributed by atoms with Crippen molar-refractivity contribution >= 4 is 28.1 Å². The maximum atomic E-state index is 12.8. The number of amides is 1. The van der Waals surface area contributed by atoms with Crippen molar-refractivity contribution in [3.05, 3.63) is 76.3 Å². The molecule has 2 aliphatic rings. The lowest BCUT2D eigenvalue weighted by molar-refractivity contribution is -0.121. The van der Waals surface area contributed by atoms with E-state index >= 15 is 0 Å². The Morgan fingerprint density at radius 1 is 1.13 bits per heavy atom. The van der Waals surface area contributed by atoms with Gasteiger partial charge >= 0.3 is 0 Å². The van der Waals surface area contributed by atoms with Gasteiger partial charge in [0.05, 0.1) is 29.1 Å². The zero-order chi connectivity index (χ0) is 21.4. The molecule has 5 rings (SSSR count). The van der Waals surface area contributed by atoms with Crippen LogP contribution in [0.3, 0.4) is 0 Å². The predicted molar refractivity (Wildman–Crippen MR) is 118 cm³/mol. The maximum Gasteiger partial charge on any atom is 0.257 e. The van der Waals surface area contributed by atoms with E-state index in [1.165, 1.54) is 0 Å². The fourth-order valence-corrected chi connectivity index (χ4v) is 4.44. The zero-order valence-electron chi connectivity index (χ0n) is 16.9. The summed E-state index contributed by atoms with van der Waals surface area (Å²) in [5.41, 5.74) is 3.87. The second-order valence-electron chi connectivity index (χ2n) is 7.92. The van der Waals surface area contributed by atoms with E-state index in [2.05, 4.69) is 27.0 Å². The molecule has 0 bridgehead atoms. The molecule has 7 heteroatoms. The molecular formula is C24H21N5O2. The number of anilines is 1. The molecule has 2 aromatic heterocycles. The van der Waals surface area contributed by atoms with Crippen LogP contribution in [0, 0.1) is 11.3 Å². The number of benzene rings is 1. The molecule has 1 fully saturated rings. The number of nitriles is 1. The summed E-state index contributed by atoms with van der Waals surface area (Å²) in [5.74, 6) is 0.0566. The Morgan fingerprint density at radius 2 is 1.97 bits per heavy atom. The number of hydrogen-bond donors (Lipinski definition) is 1. The summed E-state index contributed by atoms with van der Waals surface area (Å²) in [6.07, 6.45) is 5.63. The van der Waals surface area contributed by atoms with Gasteiger partial charge in [-0.3, -0.25) is 19.5 Å². The first-order valence-corrected chi connectivity index (χ1v) is 10.4. The fraction of sp³-hybridized carbons (Fsp3) is 0.250. The number of nitrogens with zero attached hydrogens (tertiary/aromatic N) is 4. The average molecular weight is 411 g/mol. The third-order valence-corrected chi connectivity index (χ3v) is 6.09. The fourth-order valence-electron chi connectivity index (χ4n) is 4.44. The van der Waals surface area contributed by atoms with Crippen molar-refractivity contribution in [2.75, 3.05) is 24.5 Å². The molecule has 7 nitrogen and oxygen atoms in total. The number of H-pyrrole nitrogens is 1. The third-order valence-electron chi connectivity index (χ3n) is 6.09. The van der Waals surface area contributed by atoms with Gasteiger partial charge in [0, 0.05) is 36.7 Å². The largest absolute Gasteiger partial charge is 0.322 e. The van der Waals surface area contributed by atoms with Crippen LogP contribution < -0.4 is 10.5 Å². The van der Waals surface area contributed by atoms with E-state index < -0.39 is 0 Å². The third kappa shape index (κ3) is 3.62. The van der Waals surface area contributed by atoms with E-state index in [0.717, 1.165) is 36.3 Å². The Balaban J connectivity index is 1.32. The number of fused-ring (bicyclic) bond motifs is 1. The predicted octanol–water partition coefficient (Wildman–Crippen LogP) is 2.69. The molecule has 0 spiro atoms. The van der Waals surface area contributed by atoms with E-state index in [0.29, 0.717) is 29.6 Å². The molecule has 1 N–H and O–H groups in total. The van der Waals surface area contributed by atoms with Crippen LogP contribution in [0.25, 0.3) is 16.5 Å². The monoisotopic (exact) mass is 411 g/mol. The van der Waals surface area contributed by atoms with Gasteiger partial charge < -0.3 is 9.88 Å². The molecule has 1 aliphatic heterocycles. The molecule has 0 radical (unpaired) electrons. The lowest BCUT2D eigenvalue weighted by atomic mass is 10.1. The molecule has 0 unspecified atom stereocenters. The van der Waals surface area contributed by atoms with Crippen LogP contribution in [0.15, 0.2) is 59.5 Å². The lowest BCUT2D eigenvalue weighted by Gasteiger charge is -2.37. The van der Waals surface area contributed by atoms with Crippen LogP contribution in [0.4, 0.5) is 5.69 Å². The second kappa shape index (κ2) is 7.82. The van der Waals surface area contributed by atoms with Crippen molar-refractivity contribution in [3.63, 3.8) is 0 Å². The first-order chi connectivity index (χ1) is 15.1. The number of carbonyl (C=O) groups is 1. The quantitative estimate of drug-likeness (QED) is 0.715. The summed E-state index contributed by atoms with van der Waals surface area (Å²) < 4.78 is 0. The standard InChI is InChI=1S/C24H21N5O2/c25-14-16-3-6-18(7-4-16)29-11-10-28(15-23(29)30)19-8-5-17(12-19)21-13-22-20(24(31)27-21)2-1-9-26-22/h1-4,6-7,9,12-13,19H,5,8,10-11,15H2,(H,27,31)/t19-/m1/s1. The first kappa shape index (κ1) is 19.2. The van der Waals surface area contributed by atoms with Crippen molar-refractivity contribution in [1.82, 2.24) is 14.9 Å². The van der Waals surface area contributed by atoms with Crippen molar-refractivity contribution in [2.45, 2.75) is 18.9 Å². The molecule has 1 aromatic carbocycles. The van der Waals surface area contributed by atoms with Crippen molar-refractivity contribution in [1.29, 1.82) is 5.26 Å². The number of hydrogen-bond acceptors (Lipinski definition) is 5. The number of aromatic amines is 1. The van der Waals surface area contributed by atoms with Crippen LogP contribution in [0.1, 0.15) is 24.1 Å². The molecule has 1 amide bonds. The van der Waals surface area contributed by atoms with Crippen LogP contribution in [-0.4, -0.2) is 46.5 Å². The van der Waals surface area contributed by atoms with Gasteiger partial charge in [-0.1, -0.05) is 6.08 Å².